The lowest BCUT2D eigenvalue weighted by molar-refractivity contribution is -0.137. The maximum Gasteiger partial charge on any atom is 0.416 e. The molecule has 0 saturated carbocycles. The molecule has 0 bridgehead atoms. The molecule has 0 unspecified atom stereocenters. The van der Waals surface area contributed by atoms with Gasteiger partial charge < -0.3 is 0 Å². The molecule has 0 aliphatic carbocycles. The van der Waals surface area contributed by atoms with Gasteiger partial charge in [-0.3, -0.25) is 10.1 Å². The van der Waals surface area contributed by atoms with Gasteiger partial charge in [-0.2, -0.15) is 13.2 Å². The Morgan fingerprint density at radius 2 is 1.73 bits per heavy atom. The van der Waals surface area contributed by atoms with Crippen LogP contribution in [0.5, 0.6) is 0 Å². The summed E-state index contributed by atoms with van der Waals surface area (Å²) in [6.07, 6.45) is -4.43. The van der Waals surface area contributed by atoms with Crippen LogP contribution in [-0.4, -0.2) is 16.1 Å². The number of thioether (sulfide) groups is 1. The van der Waals surface area contributed by atoms with Crippen molar-refractivity contribution >= 4 is 34.1 Å². The van der Waals surface area contributed by atoms with Crippen molar-refractivity contribution in [1.82, 2.24) is 10.2 Å². The van der Waals surface area contributed by atoms with Crippen LogP contribution in [-0.2, 0) is 11.9 Å². The van der Waals surface area contributed by atoms with Gasteiger partial charge in [0, 0.05) is 11.3 Å². The van der Waals surface area contributed by atoms with Crippen molar-refractivity contribution < 1.29 is 18.0 Å². The summed E-state index contributed by atoms with van der Waals surface area (Å²) in [4.78, 5) is 12.1. The third kappa shape index (κ3) is 4.83. The van der Waals surface area contributed by atoms with E-state index in [1.54, 1.807) is 0 Å². The first-order valence-electron chi connectivity index (χ1n) is 7.40. The van der Waals surface area contributed by atoms with Gasteiger partial charge in [-0.25, -0.2) is 0 Å². The molecule has 0 saturated heterocycles. The Kier molecular flexibility index (Phi) is 5.58. The van der Waals surface area contributed by atoms with Crippen molar-refractivity contribution in [3.63, 3.8) is 0 Å². The Hall–Kier alpha value is -2.39. The third-order valence-corrected chi connectivity index (χ3v) is 5.35. The monoisotopic (exact) mass is 395 g/mol. The van der Waals surface area contributed by atoms with E-state index in [1.807, 2.05) is 30.3 Å². The number of aromatic nitrogens is 2. The molecule has 3 rings (SSSR count). The molecule has 4 nitrogen and oxygen atoms in total. The molecule has 26 heavy (non-hydrogen) atoms. The number of nitrogens with one attached hydrogen (secondary N) is 1. The lowest BCUT2D eigenvalue weighted by atomic mass is 10.1. The first-order valence-corrected chi connectivity index (χ1v) is 9.21. The van der Waals surface area contributed by atoms with Crippen LogP contribution >= 0.6 is 23.1 Å². The average molecular weight is 395 g/mol. The maximum absolute atomic E-state index is 12.5. The number of nitrogens with zero attached hydrogens (tertiary/aromatic N) is 2. The van der Waals surface area contributed by atoms with Crippen LogP contribution < -0.4 is 5.32 Å². The van der Waals surface area contributed by atoms with Crippen molar-refractivity contribution in [3.05, 3.63) is 71.3 Å². The fourth-order valence-electron chi connectivity index (χ4n) is 2.02. The molecule has 0 radical (unpaired) electrons. The highest BCUT2D eigenvalue weighted by molar-refractivity contribution is 8.00. The lowest BCUT2D eigenvalue weighted by Crippen LogP contribution is -2.12. The van der Waals surface area contributed by atoms with Crippen LogP contribution in [0.1, 0.15) is 21.5 Å². The predicted molar refractivity (Wildman–Crippen MR) is 95.3 cm³/mol. The molecule has 0 aliphatic rings. The van der Waals surface area contributed by atoms with Gasteiger partial charge in [0.15, 0.2) is 4.34 Å². The number of hydrogen-bond acceptors (Lipinski definition) is 5. The average Bonchev–Trinajstić information content (AvgIpc) is 3.07. The summed E-state index contributed by atoms with van der Waals surface area (Å²) in [5, 5.41) is 10.7. The molecule has 1 N–H and O–H groups in total. The number of hydrogen-bond donors (Lipinski definition) is 1. The number of halogens is 3. The summed E-state index contributed by atoms with van der Waals surface area (Å²) < 4.78 is 38.3. The van der Waals surface area contributed by atoms with Crippen molar-refractivity contribution in [2.24, 2.45) is 0 Å². The van der Waals surface area contributed by atoms with Crippen molar-refractivity contribution in [3.8, 4) is 0 Å². The van der Waals surface area contributed by atoms with Gasteiger partial charge >= 0.3 is 6.18 Å². The highest BCUT2D eigenvalue weighted by atomic mass is 32.2. The highest BCUT2D eigenvalue weighted by Gasteiger charge is 2.30. The normalized spacial score (nSPS) is 11.3. The summed E-state index contributed by atoms with van der Waals surface area (Å²) in [6, 6.07) is 13.8. The van der Waals surface area contributed by atoms with Crippen LogP contribution in [0.3, 0.4) is 0 Å². The van der Waals surface area contributed by atoms with E-state index in [2.05, 4.69) is 15.5 Å². The number of benzene rings is 2. The molecule has 0 fully saturated rings. The van der Waals surface area contributed by atoms with E-state index in [0.717, 1.165) is 35.6 Å². The SMILES string of the molecule is O=C(Nc1nnc(SCc2ccccc2)s1)c1ccc(C(F)(F)F)cc1. The number of carbonyl (C=O) groups is 1. The fourth-order valence-corrected chi connectivity index (χ4v) is 3.72. The number of amides is 1. The van der Waals surface area contributed by atoms with Gasteiger partial charge in [0.05, 0.1) is 5.56 Å². The van der Waals surface area contributed by atoms with Gasteiger partial charge in [-0.15, -0.1) is 10.2 Å². The van der Waals surface area contributed by atoms with E-state index in [4.69, 9.17) is 0 Å². The first-order chi connectivity index (χ1) is 12.4. The van der Waals surface area contributed by atoms with E-state index in [-0.39, 0.29) is 5.56 Å². The Morgan fingerprint density at radius 1 is 1.04 bits per heavy atom. The van der Waals surface area contributed by atoms with Crippen LogP contribution in [0.4, 0.5) is 18.3 Å². The molecule has 3 aromatic rings. The van der Waals surface area contributed by atoms with Gasteiger partial charge in [0.2, 0.25) is 5.13 Å². The second-order valence-electron chi connectivity index (χ2n) is 5.18. The minimum absolute atomic E-state index is 0.117. The molecule has 0 spiro atoms. The molecule has 0 aliphatic heterocycles. The van der Waals surface area contributed by atoms with E-state index in [0.29, 0.717) is 9.47 Å². The summed E-state index contributed by atoms with van der Waals surface area (Å²) in [5.41, 5.74) is 0.458. The third-order valence-electron chi connectivity index (χ3n) is 3.31. The van der Waals surface area contributed by atoms with Crippen LogP contribution in [0.15, 0.2) is 58.9 Å². The Labute approximate surface area is 155 Å². The largest absolute Gasteiger partial charge is 0.416 e. The zero-order valence-corrected chi connectivity index (χ0v) is 14.8. The van der Waals surface area contributed by atoms with Gasteiger partial charge in [-0.05, 0) is 29.8 Å². The predicted octanol–water partition coefficient (Wildman–Crippen LogP) is 5.10. The summed E-state index contributed by atoms with van der Waals surface area (Å²) in [5.74, 6) is 0.192. The molecule has 1 amide bonds. The van der Waals surface area contributed by atoms with Gasteiger partial charge in [0.1, 0.15) is 0 Å². The molecular formula is C17H12F3N3OS2. The second kappa shape index (κ2) is 7.88. The minimum Gasteiger partial charge on any atom is -0.296 e. The number of anilines is 1. The highest BCUT2D eigenvalue weighted by Crippen LogP contribution is 2.30. The summed E-state index contributed by atoms with van der Waals surface area (Å²) in [6.45, 7) is 0. The zero-order valence-electron chi connectivity index (χ0n) is 13.2. The van der Waals surface area contributed by atoms with Crippen molar-refractivity contribution in [2.45, 2.75) is 16.3 Å². The van der Waals surface area contributed by atoms with E-state index < -0.39 is 17.6 Å². The zero-order chi connectivity index (χ0) is 18.6. The van der Waals surface area contributed by atoms with Gasteiger partial charge in [-0.1, -0.05) is 53.4 Å². The standard InChI is InChI=1S/C17H12F3N3OS2/c18-17(19,20)13-8-6-12(7-9-13)14(24)21-15-22-23-16(26-15)25-10-11-4-2-1-3-5-11/h1-9H,10H2,(H,21,22,24). The number of alkyl halides is 3. The molecule has 2 aromatic carbocycles. The molecule has 0 atom stereocenters. The van der Waals surface area contributed by atoms with Crippen molar-refractivity contribution in [1.29, 1.82) is 0 Å². The van der Waals surface area contributed by atoms with E-state index in [1.165, 1.54) is 23.1 Å². The first kappa shape index (κ1) is 18.4. The summed E-state index contributed by atoms with van der Waals surface area (Å²) in [7, 11) is 0. The van der Waals surface area contributed by atoms with Gasteiger partial charge in [0.25, 0.3) is 5.91 Å². The fraction of sp³-hybridized carbons (Fsp3) is 0.118. The van der Waals surface area contributed by atoms with E-state index in [9.17, 15) is 18.0 Å². The lowest BCUT2D eigenvalue weighted by Gasteiger charge is -2.07. The Morgan fingerprint density at radius 3 is 2.38 bits per heavy atom. The molecule has 9 heteroatoms. The molecule has 1 heterocycles. The maximum atomic E-state index is 12.5. The minimum atomic E-state index is -4.43. The Bertz CT molecular complexity index is 880. The Balaban J connectivity index is 1.59. The van der Waals surface area contributed by atoms with Crippen LogP contribution in [0.2, 0.25) is 0 Å². The molecular weight excluding hydrogens is 383 g/mol. The number of carbonyl (C=O) groups excluding carboxylic acids is 1. The second-order valence-corrected chi connectivity index (χ2v) is 7.38. The number of rotatable bonds is 5. The van der Waals surface area contributed by atoms with Crippen LogP contribution in [0, 0.1) is 0 Å². The van der Waals surface area contributed by atoms with Crippen molar-refractivity contribution in [2.75, 3.05) is 5.32 Å². The quantitative estimate of drug-likeness (QED) is 0.482. The molecule has 134 valence electrons. The molecule has 1 aromatic heterocycles. The van der Waals surface area contributed by atoms with E-state index >= 15 is 0 Å². The smallest absolute Gasteiger partial charge is 0.296 e. The van der Waals surface area contributed by atoms with Crippen LogP contribution in [0.25, 0.3) is 0 Å². The topological polar surface area (TPSA) is 54.9 Å². The summed E-state index contributed by atoms with van der Waals surface area (Å²) >= 11 is 2.70.